The second kappa shape index (κ2) is 7.77. The lowest BCUT2D eigenvalue weighted by Gasteiger charge is -2.39. The molecule has 0 bridgehead atoms. The third-order valence-corrected chi connectivity index (χ3v) is 5.29. The maximum Gasteiger partial charge on any atom is 0.229 e. The zero-order valence-electron chi connectivity index (χ0n) is 16.0. The standard InChI is InChI=1S/C21H22O9/c1-9-18(25)19(26)20(27)21(28-9)30-16-7-12(23)6-15-17(16)13(24)8-14(29-15)10-2-4-11(22)5-3-10/h2-7,9,14,18-23,25-27H,8H2,1H3/t9-,14-,18-,19-,20+,21-/m0/s1. The third kappa shape index (κ3) is 3.68. The highest BCUT2D eigenvalue weighted by Gasteiger charge is 2.44. The smallest absolute Gasteiger partial charge is 0.229 e. The summed E-state index contributed by atoms with van der Waals surface area (Å²) in [7, 11) is 0. The molecule has 9 heteroatoms. The Hall–Kier alpha value is -2.85. The van der Waals surface area contributed by atoms with Crippen LogP contribution in [0, 0.1) is 0 Å². The van der Waals surface area contributed by atoms with Gasteiger partial charge in [0.25, 0.3) is 0 Å². The van der Waals surface area contributed by atoms with Crippen molar-refractivity contribution < 1.29 is 44.5 Å². The molecule has 2 heterocycles. The van der Waals surface area contributed by atoms with Crippen molar-refractivity contribution in [2.24, 2.45) is 0 Å². The van der Waals surface area contributed by atoms with E-state index in [1.807, 2.05) is 0 Å². The van der Waals surface area contributed by atoms with Crippen molar-refractivity contribution >= 4 is 5.78 Å². The quantitative estimate of drug-likeness (QED) is 0.493. The molecule has 2 aliphatic rings. The van der Waals surface area contributed by atoms with E-state index in [-0.39, 0.29) is 40.8 Å². The molecule has 0 saturated carbocycles. The van der Waals surface area contributed by atoms with Crippen LogP contribution in [0.25, 0.3) is 0 Å². The van der Waals surface area contributed by atoms with Crippen molar-refractivity contribution in [2.75, 3.05) is 0 Å². The van der Waals surface area contributed by atoms with Gasteiger partial charge in [-0.2, -0.15) is 0 Å². The van der Waals surface area contributed by atoms with Crippen LogP contribution in [0.3, 0.4) is 0 Å². The number of fused-ring (bicyclic) bond motifs is 1. The average molecular weight is 418 g/mol. The minimum absolute atomic E-state index is 0.00920. The zero-order valence-corrected chi connectivity index (χ0v) is 16.0. The first-order chi connectivity index (χ1) is 14.2. The number of benzene rings is 2. The van der Waals surface area contributed by atoms with Gasteiger partial charge < -0.3 is 39.7 Å². The van der Waals surface area contributed by atoms with Gasteiger partial charge in [0.1, 0.15) is 53.0 Å². The number of ketones is 1. The fraction of sp³-hybridized carbons (Fsp3) is 0.381. The van der Waals surface area contributed by atoms with E-state index in [9.17, 15) is 30.3 Å². The van der Waals surface area contributed by atoms with Crippen molar-refractivity contribution in [3.63, 3.8) is 0 Å². The monoisotopic (exact) mass is 418 g/mol. The first-order valence-corrected chi connectivity index (χ1v) is 9.46. The van der Waals surface area contributed by atoms with Gasteiger partial charge in [-0.1, -0.05) is 12.1 Å². The predicted octanol–water partition coefficient (Wildman–Crippen LogP) is 1.01. The average Bonchev–Trinajstić information content (AvgIpc) is 2.70. The molecule has 1 saturated heterocycles. The number of aromatic hydroxyl groups is 2. The Morgan fingerprint density at radius 3 is 2.37 bits per heavy atom. The fourth-order valence-electron chi connectivity index (χ4n) is 3.61. The fourth-order valence-corrected chi connectivity index (χ4v) is 3.61. The summed E-state index contributed by atoms with van der Waals surface area (Å²) >= 11 is 0. The van der Waals surface area contributed by atoms with E-state index in [1.54, 1.807) is 12.1 Å². The summed E-state index contributed by atoms with van der Waals surface area (Å²) in [6, 6.07) is 8.72. The minimum atomic E-state index is -1.57. The van der Waals surface area contributed by atoms with Crippen molar-refractivity contribution in [1.29, 1.82) is 0 Å². The van der Waals surface area contributed by atoms with Crippen LogP contribution in [-0.4, -0.2) is 62.0 Å². The summed E-state index contributed by atoms with van der Waals surface area (Å²) in [6.07, 6.45) is -7.19. The highest BCUT2D eigenvalue weighted by molar-refractivity contribution is 6.02. The van der Waals surface area contributed by atoms with Gasteiger partial charge in [-0.25, -0.2) is 0 Å². The van der Waals surface area contributed by atoms with Crippen LogP contribution in [0.5, 0.6) is 23.0 Å². The van der Waals surface area contributed by atoms with Crippen LogP contribution in [0.2, 0.25) is 0 Å². The summed E-state index contributed by atoms with van der Waals surface area (Å²) in [5, 5.41) is 49.5. The van der Waals surface area contributed by atoms with Gasteiger partial charge in [0, 0.05) is 12.1 Å². The highest BCUT2D eigenvalue weighted by Crippen LogP contribution is 2.43. The van der Waals surface area contributed by atoms with Gasteiger partial charge in [0.2, 0.25) is 6.29 Å². The molecular weight excluding hydrogens is 396 g/mol. The van der Waals surface area contributed by atoms with Gasteiger partial charge in [0.15, 0.2) is 5.78 Å². The normalized spacial score (nSPS) is 31.0. The second-order valence-electron chi connectivity index (χ2n) is 7.44. The minimum Gasteiger partial charge on any atom is -0.508 e. The van der Waals surface area contributed by atoms with Gasteiger partial charge in [-0.15, -0.1) is 0 Å². The van der Waals surface area contributed by atoms with Crippen LogP contribution < -0.4 is 9.47 Å². The SMILES string of the molecule is C[C@@H]1O[C@@H](Oc2cc(O)cc3c2C(=O)C[C@@H](c2ccc(O)cc2)O3)[C@H](O)[C@@H](O)[C@H]1O. The lowest BCUT2D eigenvalue weighted by Crippen LogP contribution is -2.58. The molecule has 2 aliphatic heterocycles. The van der Waals surface area contributed by atoms with Crippen LogP contribution in [-0.2, 0) is 4.74 Å². The lowest BCUT2D eigenvalue weighted by atomic mass is 9.95. The molecule has 0 aliphatic carbocycles. The van der Waals surface area contributed by atoms with Gasteiger partial charge in [-0.3, -0.25) is 4.79 Å². The first-order valence-electron chi connectivity index (χ1n) is 9.46. The lowest BCUT2D eigenvalue weighted by molar-refractivity contribution is -0.268. The number of aliphatic hydroxyl groups excluding tert-OH is 3. The Labute approximate surface area is 171 Å². The van der Waals surface area contributed by atoms with Gasteiger partial charge in [-0.05, 0) is 24.6 Å². The highest BCUT2D eigenvalue weighted by atomic mass is 16.7. The molecule has 9 nitrogen and oxygen atoms in total. The Kier molecular flexibility index (Phi) is 5.29. The van der Waals surface area contributed by atoms with Crippen LogP contribution in [0.1, 0.15) is 35.4 Å². The van der Waals surface area contributed by atoms with Crippen molar-refractivity contribution in [2.45, 2.75) is 50.2 Å². The molecule has 0 radical (unpaired) electrons. The predicted molar refractivity (Wildman–Crippen MR) is 102 cm³/mol. The summed E-state index contributed by atoms with van der Waals surface area (Å²) in [5.41, 5.74) is 0.751. The molecule has 6 atom stereocenters. The number of phenolic OH excluding ortho intramolecular Hbond substituents is 2. The number of phenols is 2. The molecule has 4 rings (SSSR count). The number of hydrogen-bond donors (Lipinski definition) is 5. The van der Waals surface area contributed by atoms with Crippen molar-refractivity contribution in [3.8, 4) is 23.0 Å². The van der Waals surface area contributed by atoms with E-state index < -0.39 is 36.8 Å². The largest absolute Gasteiger partial charge is 0.508 e. The van der Waals surface area contributed by atoms with Crippen LogP contribution in [0.4, 0.5) is 0 Å². The zero-order chi connectivity index (χ0) is 21.6. The molecule has 0 spiro atoms. The van der Waals surface area contributed by atoms with E-state index in [0.717, 1.165) is 0 Å². The van der Waals surface area contributed by atoms with Gasteiger partial charge >= 0.3 is 0 Å². The van der Waals surface area contributed by atoms with E-state index in [0.29, 0.717) is 5.56 Å². The summed E-state index contributed by atoms with van der Waals surface area (Å²) in [6.45, 7) is 1.50. The van der Waals surface area contributed by atoms with Crippen LogP contribution >= 0.6 is 0 Å². The maximum absolute atomic E-state index is 12.9. The molecule has 160 valence electrons. The van der Waals surface area contributed by atoms with E-state index in [1.165, 1.54) is 31.2 Å². The molecule has 2 aromatic carbocycles. The number of rotatable bonds is 3. The topological polar surface area (TPSA) is 146 Å². The van der Waals surface area contributed by atoms with Crippen molar-refractivity contribution in [3.05, 3.63) is 47.5 Å². The van der Waals surface area contributed by atoms with E-state index in [4.69, 9.17) is 14.2 Å². The Morgan fingerprint density at radius 2 is 1.67 bits per heavy atom. The second-order valence-corrected chi connectivity index (χ2v) is 7.44. The first kappa shape index (κ1) is 20.4. The summed E-state index contributed by atoms with van der Waals surface area (Å²) < 4.78 is 16.9. The molecule has 2 aromatic rings. The molecule has 5 N–H and O–H groups in total. The number of aliphatic hydroxyl groups is 3. The molecular formula is C21H22O9. The number of hydrogen-bond acceptors (Lipinski definition) is 9. The number of carbonyl (C=O) groups is 1. The molecule has 0 unspecified atom stereocenters. The Bertz CT molecular complexity index is 942. The summed E-state index contributed by atoms with van der Waals surface area (Å²) in [4.78, 5) is 12.9. The number of carbonyl (C=O) groups excluding carboxylic acids is 1. The van der Waals surface area contributed by atoms with Crippen molar-refractivity contribution in [1.82, 2.24) is 0 Å². The molecule has 1 fully saturated rings. The van der Waals surface area contributed by atoms with Crippen LogP contribution in [0.15, 0.2) is 36.4 Å². The van der Waals surface area contributed by atoms with E-state index >= 15 is 0 Å². The molecule has 0 aromatic heterocycles. The maximum atomic E-state index is 12.9. The van der Waals surface area contributed by atoms with Gasteiger partial charge in [0.05, 0.1) is 12.5 Å². The molecule has 0 amide bonds. The third-order valence-electron chi connectivity index (χ3n) is 5.29. The summed E-state index contributed by atoms with van der Waals surface area (Å²) in [5.74, 6) is -0.440. The molecule has 30 heavy (non-hydrogen) atoms. The number of Topliss-reactive ketones (excluding diaryl/α,β-unsaturated/α-hetero) is 1. The van der Waals surface area contributed by atoms with E-state index in [2.05, 4.69) is 0 Å². The number of ether oxygens (including phenoxy) is 3. The Balaban J connectivity index is 1.63. The Morgan fingerprint density at radius 1 is 0.967 bits per heavy atom.